The van der Waals surface area contributed by atoms with Crippen molar-refractivity contribution in [2.45, 2.75) is 26.4 Å². The van der Waals surface area contributed by atoms with Crippen LogP contribution in [0.15, 0.2) is 60.7 Å². The van der Waals surface area contributed by atoms with Crippen molar-refractivity contribution in [1.82, 2.24) is 10.3 Å². The molecule has 1 aromatic heterocycles. The molecule has 0 bridgehead atoms. The second-order valence-electron chi connectivity index (χ2n) is 6.47. The Kier molecular flexibility index (Phi) is 5.97. The first-order chi connectivity index (χ1) is 12.6. The van der Waals surface area contributed by atoms with Crippen LogP contribution >= 0.6 is 0 Å². The Hall–Kier alpha value is -2.72. The Labute approximate surface area is 154 Å². The fraction of sp³-hybridized carbons (Fsp3) is 0.273. The smallest absolute Gasteiger partial charge is 0.252 e. The maximum Gasteiger partial charge on any atom is 0.252 e. The van der Waals surface area contributed by atoms with Gasteiger partial charge in [-0.25, -0.2) is 4.98 Å². The lowest BCUT2D eigenvalue weighted by atomic mass is 10.0. The molecule has 4 nitrogen and oxygen atoms in total. The van der Waals surface area contributed by atoms with E-state index >= 15 is 0 Å². The van der Waals surface area contributed by atoms with Crippen molar-refractivity contribution in [3.8, 4) is 11.3 Å². The van der Waals surface area contributed by atoms with Crippen LogP contribution in [0.3, 0.4) is 0 Å². The fourth-order valence-electron chi connectivity index (χ4n) is 2.81. The number of para-hydroxylation sites is 1. The lowest BCUT2D eigenvalue weighted by Gasteiger charge is -2.11. The molecule has 3 rings (SSSR count). The van der Waals surface area contributed by atoms with E-state index in [1.54, 1.807) is 0 Å². The van der Waals surface area contributed by atoms with Crippen molar-refractivity contribution in [3.05, 3.63) is 66.2 Å². The van der Waals surface area contributed by atoms with E-state index in [4.69, 9.17) is 9.72 Å². The number of pyridine rings is 1. The van der Waals surface area contributed by atoms with E-state index < -0.39 is 0 Å². The minimum Gasteiger partial charge on any atom is -0.379 e. The molecule has 134 valence electrons. The summed E-state index contributed by atoms with van der Waals surface area (Å²) in [5.74, 6) is -0.0784. The molecule has 0 saturated carbocycles. The fourth-order valence-corrected chi connectivity index (χ4v) is 2.81. The van der Waals surface area contributed by atoms with Gasteiger partial charge in [-0.1, -0.05) is 48.5 Å². The highest BCUT2D eigenvalue weighted by molar-refractivity contribution is 6.07. The Morgan fingerprint density at radius 2 is 1.81 bits per heavy atom. The van der Waals surface area contributed by atoms with Gasteiger partial charge < -0.3 is 10.1 Å². The highest BCUT2D eigenvalue weighted by atomic mass is 16.5. The lowest BCUT2D eigenvalue weighted by molar-refractivity contribution is 0.0757. The number of hydrogen-bond donors (Lipinski definition) is 1. The maximum absolute atomic E-state index is 12.8. The summed E-state index contributed by atoms with van der Waals surface area (Å²) in [6.07, 6.45) is 1.00. The number of nitrogens with one attached hydrogen (secondary N) is 1. The van der Waals surface area contributed by atoms with E-state index in [0.717, 1.165) is 28.6 Å². The maximum atomic E-state index is 12.8. The molecule has 1 heterocycles. The first-order valence-corrected chi connectivity index (χ1v) is 9.00. The van der Waals surface area contributed by atoms with Crippen molar-refractivity contribution in [1.29, 1.82) is 0 Å². The van der Waals surface area contributed by atoms with E-state index in [0.29, 0.717) is 18.7 Å². The van der Waals surface area contributed by atoms with Gasteiger partial charge in [0.1, 0.15) is 0 Å². The van der Waals surface area contributed by atoms with Gasteiger partial charge >= 0.3 is 0 Å². The molecule has 0 aliphatic rings. The second kappa shape index (κ2) is 8.59. The minimum atomic E-state index is -0.0784. The first kappa shape index (κ1) is 18.1. The standard InChI is InChI=1S/C22H24N2O2/c1-16(2)26-14-8-13-23-22(25)19-15-21(17-9-4-3-5-10-17)24-20-12-7-6-11-18(19)20/h3-7,9-12,15-16H,8,13-14H2,1-2H3,(H,23,25). The van der Waals surface area contributed by atoms with Gasteiger partial charge in [0.05, 0.1) is 22.9 Å². The van der Waals surface area contributed by atoms with E-state index in [1.807, 2.05) is 74.5 Å². The zero-order valence-electron chi connectivity index (χ0n) is 15.2. The third-order valence-corrected chi connectivity index (χ3v) is 4.09. The van der Waals surface area contributed by atoms with Gasteiger partial charge in [-0.15, -0.1) is 0 Å². The molecule has 3 aromatic rings. The molecular weight excluding hydrogens is 324 g/mol. The van der Waals surface area contributed by atoms with Crippen LogP contribution < -0.4 is 5.32 Å². The normalized spacial score (nSPS) is 11.0. The van der Waals surface area contributed by atoms with E-state index in [1.165, 1.54) is 0 Å². The van der Waals surface area contributed by atoms with Gasteiger partial charge in [-0.2, -0.15) is 0 Å². The quantitative estimate of drug-likeness (QED) is 0.642. The van der Waals surface area contributed by atoms with Gasteiger partial charge in [-0.05, 0) is 32.4 Å². The molecule has 1 amide bonds. The van der Waals surface area contributed by atoms with Gasteiger partial charge in [0.15, 0.2) is 0 Å². The topological polar surface area (TPSA) is 51.2 Å². The second-order valence-corrected chi connectivity index (χ2v) is 6.47. The van der Waals surface area contributed by atoms with Gasteiger partial charge in [0.2, 0.25) is 0 Å². The predicted molar refractivity (Wildman–Crippen MR) is 105 cm³/mol. The largest absolute Gasteiger partial charge is 0.379 e. The summed E-state index contributed by atoms with van der Waals surface area (Å²) in [7, 11) is 0. The molecule has 2 aromatic carbocycles. The molecule has 4 heteroatoms. The Morgan fingerprint density at radius 3 is 2.58 bits per heavy atom. The zero-order valence-corrected chi connectivity index (χ0v) is 15.2. The van der Waals surface area contributed by atoms with E-state index in [-0.39, 0.29) is 12.0 Å². The number of fused-ring (bicyclic) bond motifs is 1. The predicted octanol–water partition coefficient (Wildman–Crippen LogP) is 4.45. The number of benzene rings is 2. The van der Waals surface area contributed by atoms with E-state index in [9.17, 15) is 4.79 Å². The minimum absolute atomic E-state index is 0.0784. The molecule has 0 spiro atoms. The summed E-state index contributed by atoms with van der Waals surface area (Å²) in [4.78, 5) is 17.5. The molecule has 0 fully saturated rings. The van der Waals surface area contributed by atoms with Crippen molar-refractivity contribution in [2.24, 2.45) is 0 Å². The Bertz CT molecular complexity index is 876. The van der Waals surface area contributed by atoms with Crippen LogP contribution in [-0.2, 0) is 4.74 Å². The van der Waals surface area contributed by atoms with E-state index in [2.05, 4.69) is 5.32 Å². The summed E-state index contributed by atoms with van der Waals surface area (Å²) in [5, 5.41) is 3.86. The van der Waals surface area contributed by atoms with Crippen LogP contribution in [0.1, 0.15) is 30.6 Å². The van der Waals surface area contributed by atoms with Gasteiger partial charge in [-0.3, -0.25) is 4.79 Å². The summed E-state index contributed by atoms with van der Waals surface area (Å²) in [6.45, 7) is 5.24. The van der Waals surface area contributed by atoms with Crippen molar-refractivity contribution in [2.75, 3.05) is 13.2 Å². The van der Waals surface area contributed by atoms with Crippen molar-refractivity contribution in [3.63, 3.8) is 0 Å². The number of nitrogens with zero attached hydrogens (tertiary/aromatic N) is 1. The monoisotopic (exact) mass is 348 g/mol. The molecule has 0 radical (unpaired) electrons. The van der Waals surface area contributed by atoms with Crippen LogP contribution in [-0.4, -0.2) is 30.1 Å². The molecule has 26 heavy (non-hydrogen) atoms. The SMILES string of the molecule is CC(C)OCCCNC(=O)c1cc(-c2ccccc2)nc2ccccc12. The summed E-state index contributed by atoms with van der Waals surface area (Å²) < 4.78 is 5.52. The number of aromatic nitrogens is 1. The molecule has 1 N–H and O–H groups in total. The first-order valence-electron chi connectivity index (χ1n) is 9.00. The molecule has 0 aliphatic carbocycles. The van der Waals surface area contributed by atoms with Crippen LogP contribution in [0.2, 0.25) is 0 Å². The summed E-state index contributed by atoms with van der Waals surface area (Å²) in [5.41, 5.74) is 3.27. The third-order valence-electron chi connectivity index (χ3n) is 4.09. The average Bonchev–Trinajstić information content (AvgIpc) is 2.67. The van der Waals surface area contributed by atoms with Crippen LogP contribution in [0.25, 0.3) is 22.2 Å². The van der Waals surface area contributed by atoms with Crippen LogP contribution in [0, 0.1) is 0 Å². The molecule has 0 aliphatic heterocycles. The highest BCUT2D eigenvalue weighted by Gasteiger charge is 2.13. The molecule has 0 atom stereocenters. The summed E-state index contributed by atoms with van der Waals surface area (Å²) in [6, 6.07) is 19.5. The van der Waals surface area contributed by atoms with Crippen molar-refractivity contribution < 1.29 is 9.53 Å². The van der Waals surface area contributed by atoms with Gasteiger partial charge in [0, 0.05) is 24.1 Å². The van der Waals surface area contributed by atoms with Crippen LogP contribution in [0.4, 0.5) is 0 Å². The highest BCUT2D eigenvalue weighted by Crippen LogP contribution is 2.24. The number of carbonyl (C=O) groups excluding carboxylic acids is 1. The number of carbonyl (C=O) groups is 1. The zero-order chi connectivity index (χ0) is 18.4. The average molecular weight is 348 g/mol. The number of hydrogen-bond acceptors (Lipinski definition) is 3. The number of rotatable bonds is 7. The Balaban J connectivity index is 1.83. The lowest BCUT2D eigenvalue weighted by Crippen LogP contribution is -2.26. The van der Waals surface area contributed by atoms with Crippen LogP contribution in [0.5, 0.6) is 0 Å². The van der Waals surface area contributed by atoms with Crippen molar-refractivity contribution >= 4 is 16.8 Å². The third kappa shape index (κ3) is 4.46. The number of ether oxygens (including phenoxy) is 1. The molecular formula is C22H24N2O2. The Morgan fingerprint density at radius 1 is 1.08 bits per heavy atom. The molecule has 0 saturated heterocycles. The van der Waals surface area contributed by atoms with Gasteiger partial charge in [0.25, 0.3) is 5.91 Å². The molecule has 0 unspecified atom stereocenters. The summed E-state index contributed by atoms with van der Waals surface area (Å²) >= 11 is 0. The number of amides is 1.